The van der Waals surface area contributed by atoms with E-state index < -0.39 is 29.5 Å². The molecule has 1 amide bonds. The highest BCUT2D eigenvalue weighted by Gasteiger charge is 2.30. The number of benzene rings is 1. The van der Waals surface area contributed by atoms with Crippen molar-refractivity contribution in [3.8, 4) is 11.5 Å². The summed E-state index contributed by atoms with van der Waals surface area (Å²) in [4.78, 5) is 25.2. The Labute approximate surface area is 161 Å². The van der Waals surface area contributed by atoms with Crippen LogP contribution in [-0.2, 0) is 11.2 Å². The number of hydrogen-bond donors (Lipinski definition) is 5. The van der Waals surface area contributed by atoms with Crippen LogP contribution in [0, 0.1) is 0 Å². The van der Waals surface area contributed by atoms with E-state index in [0.29, 0.717) is 13.1 Å². The molecule has 1 aliphatic heterocycles. The number of phenols is 1. The number of aromatic carboxylic acids is 1. The van der Waals surface area contributed by atoms with Crippen molar-refractivity contribution in [1.29, 1.82) is 0 Å². The predicted molar refractivity (Wildman–Crippen MR) is 101 cm³/mol. The monoisotopic (exact) mass is 398 g/mol. The van der Waals surface area contributed by atoms with Crippen molar-refractivity contribution in [3.63, 3.8) is 0 Å². The molecule has 1 heterocycles. The fourth-order valence-corrected chi connectivity index (χ4v) is 3.92. The largest absolute Gasteiger partial charge is 0.507 e. The van der Waals surface area contributed by atoms with Crippen molar-refractivity contribution < 1.29 is 34.6 Å². The summed E-state index contributed by atoms with van der Waals surface area (Å²) in [5, 5.41) is 38.0. The van der Waals surface area contributed by atoms with E-state index in [0.717, 1.165) is 18.2 Å². The average molecular weight is 398 g/mol. The Morgan fingerprint density at radius 3 is 2.67 bits per heavy atom. The number of aromatic hydroxyl groups is 1. The van der Waals surface area contributed by atoms with E-state index in [1.165, 1.54) is 19.2 Å². The van der Waals surface area contributed by atoms with Gasteiger partial charge in [0.25, 0.3) is 0 Å². The maximum absolute atomic E-state index is 12.2. The summed E-state index contributed by atoms with van der Waals surface area (Å²) in [6.07, 6.45) is 0.700. The van der Waals surface area contributed by atoms with E-state index >= 15 is 0 Å². The summed E-state index contributed by atoms with van der Waals surface area (Å²) < 4.78 is 4.93. The van der Waals surface area contributed by atoms with Gasteiger partial charge in [-0.05, 0) is 24.5 Å². The minimum absolute atomic E-state index is 0.00181. The molecule has 1 aliphatic rings. The molecular weight excluding hydrogens is 375 g/mol. The molecule has 1 aromatic rings. The van der Waals surface area contributed by atoms with Crippen LogP contribution < -0.4 is 10.5 Å². The molecule has 2 atom stereocenters. The molecule has 0 aromatic heterocycles. The number of ether oxygens (including phenoxy) is 1. The molecule has 6 N–H and O–H groups in total. The number of carboxylic acids is 1. The predicted octanol–water partition coefficient (Wildman–Crippen LogP) is -0.685. The summed E-state index contributed by atoms with van der Waals surface area (Å²) in [5.74, 6) is -1.98. The molecule has 27 heavy (non-hydrogen) atoms. The normalized spacial score (nSPS) is 17.6. The fraction of sp³-hybridized carbons (Fsp3) is 0.500. The molecule has 0 aliphatic carbocycles. The number of carbonyl (C=O) groups is 2. The maximum atomic E-state index is 12.2. The van der Waals surface area contributed by atoms with Gasteiger partial charge in [-0.15, -0.1) is 0 Å². The van der Waals surface area contributed by atoms with Gasteiger partial charge in [0.05, 0.1) is 12.9 Å². The van der Waals surface area contributed by atoms with Crippen molar-refractivity contribution >= 4 is 30.8 Å². The van der Waals surface area contributed by atoms with E-state index in [4.69, 9.17) is 10.5 Å². The Hall–Kier alpha value is -1.95. The van der Waals surface area contributed by atoms with Gasteiger partial charge in [-0.2, -0.15) is 11.8 Å². The van der Waals surface area contributed by atoms with Crippen LogP contribution in [-0.4, -0.2) is 81.3 Å². The molecule has 1 fully saturated rings. The number of carbonyl (C=O) groups excluding carboxylic acids is 1. The molecule has 2 rings (SSSR count). The number of carboxylic acid groups (broad SMARTS) is 1. The summed E-state index contributed by atoms with van der Waals surface area (Å²) in [6.45, 7) is 1.06. The highest BCUT2D eigenvalue weighted by atomic mass is 32.2. The van der Waals surface area contributed by atoms with Crippen LogP contribution in [0.15, 0.2) is 12.1 Å². The second-order valence-corrected chi connectivity index (χ2v) is 7.54. The first-order valence-corrected chi connectivity index (χ1v) is 9.42. The van der Waals surface area contributed by atoms with Crippen LogP contribution in [0.1, 0.15) is 22.3 Å². The zero-order valence-electron chi connectivity index (χ0n) is 14.9. The van der Waals surface area contributed by atoms with Crippen molar-refractivity contribution in [2.75, 3.05) is 26.0 Å². The molecule has 2 unspecified atom stereocenters. The highest BCUT2D eigenvalue weighted by molar-refractivity contribution is 8.01. The van der Waals surface area contributed by atoms with E-state index in [2.05, 4.69) is 0 Å². The molecule has 0 spiro atoms. The smallest absolute Gasteiger partial charge is 0.465 e. The zero-order valence-corrected chi connectivity index (χ0v) is 15.7. The van der Waals surface area contributed by atoms with Crippen molar-refractivity contribution in [2.24, 2.45) is 5.73 Å². The standard InChI is InChI=1S/C16H23BN2O7S/c1-26-11-3-2-9(15(21)14(11)16(22)23)6-12(17(24)25)27-8-13(20)19-5-4-10(18)7-19/h2-3,10,12,21,24-25H,4-8,18H2,1H3,(H,22,23). The lowest BCUT2D eigenvalue weighted by Crippen LogP contribution is -2.36. The first-order valence-electron chi connectivity index (χ1n) is 8.37. The number of rotatable bonds is 8. The van der Waals surface area contributed by atoms with Gasteiger partial charge >= 0.3 is 13.1 Å². The van der Waals surface area contributed by atoms with Gasteiger partial charge in [0, 0.05) is 24.3 Å². The summed E-state index contributed by atoms with van der Waals surface area (Å²) in [5.41, 5.74) is 5.60. The Morgan fingerprint density at radius 1 is 1.44 bits per heavy atom. The third-order valence-corrected chi connectivity index (χ3v) is 5.66. The van der Waals surface area contributed by atoms with Crippen LogP contribution in [0.25, 0.3) is 0 Å². The molecule has 1 saturated heterocycles. The fourth-order valence-electron chi connectivity index (χ4n) is 2.91. The molecule has 148 valence electrons. The number of thioether (sulfide) groups is 1. The van der Waals surface area contributed by atoms with Crippen molar-refractivity contribution in [3.05, 3.63) is 23.3 Å². The number of nitrogens with zero attached hydrogens (tertiary/aromatic N) is 1. The minimum Gasteiger partial charge on any atom is -0.507 e. The van der Waals surface area contributed by atoms with E-state index in [1.807, 2.05) is 0 Å². The minimum atomic E-state index is -1.75. The van der Waals surface area contributed by atoms with Crippen molar-refractivity contribution in [2.45, 2.75) is 24.0 Å². The topological polar surface area (TPSA) is 154 Å². The van der Waals surface area contributed by atoms with Crippen LogP contribution in [0.2, 0.25) is 0 Å². The average Bonchev–Trinajstić information content (AvgIpc) is 3.05. The number of methoxy groups -OCH3 is 1. The van der Waals surface area contributed by atoms with Gasteiger partial charge in [0.1, 0.15) is 17.1 Å². The Balaban J connectivity index is 2.09. The Kier molecular flexibility index (Phi) is 7.37. The molecule has 0 saturated carbocycles. The third kappa shape index (κ3) is 5.28. The second kappa shape index (κ2) is 9.31. The van der Waals surface area contributed by atoms with Gasteiger partial charge in [-0.3, -0.25) is 4.79 Å². The SMILES string of the molecule is COc1ccc(CC(SCC(=O)N2CCC(N)C2)B(O)O)c(O)c1C(=O)O. The lowest BCUT2D eigenvalue weighted by atomic mass is 9.81. The molecule has 11 heteroatoms. The number of amides is 1. The summed E-state index contributed by atoms with van der Waals surface area (Å²) in [7, 11) is -0.467. The van der Waals surface area contributed by atoms with Crippen LogP contribution in [0.4, 0.5) is 0 Å². The molecule has 0 bridgehead atoms. The van der Waals surface area contributed by atoms with Gasteiger partial charge in [-0.1, -0.05) is 6.07 Å². The second-order valence-electron chi connectivity index (χ2n) is 6.31. The van der Waals surface area contributed by atoms with E-state index in [9.17, 15) is 29.9 Å². The summed E-state index contributed by atoms with van der Waals surface area (Å²) in [6, 6.07) is 2.81. The Bertz CT molecular complexity index is 704. The van der Waals surface area contributed by atoms with Crippen molar-refractivity contribution in [1.82, 2.24) is 4.90 Å². The Morgan fingerprint density at radius 2 is 2.15 bits per heavy atom. The van der Waals surface area contributed by atoms with Gasteiger partial charge < -0.3 is 35.6 Å². The third-order valence-electron chi connectivity index (χ3n) is 4.41. The lowest BCUT2D eigenvalue weighted by Gasteiger charge is -2.20. The van der Waals surface area contributed by atoms with Crippen LogP contribution in [0.5, 0.6) is 11.5 Å². The number of hydrogen-bond acceptors (Lipinski definition) is 8. The maximum Gasteiger partial charge on any atom is 0.465 e. The zero-order chi connectivity index (χ0) is 20.1. The van der Waals surface area contributed by atoms with E-state index in [1.54, 1.807) is 4.90 Å². The first-order chi connectivity index (χ1) is 12.7. The van der Waals surface area contributed by atoms with Gasteiger partial charge in [-0.25, -0.2) is 4.79 Å². The molecular formula is C16H23BN2O7S. The van der Waals surface area contributed by atoms with Gasteiger partial charge in [0.15, 0.2) is 0 Å². The molecule has 1 aromatic carbocycles. The number of likely N-dealkylation sites (tertiary alicyclic amines) is 1. The first kappa shape index (κ1) is 21.4. The highest BCUT2D eigenvalue weighted by Crippen LogP contribution is 2.33. The van der Waals surface area contributed by atoms with Crippen LogP contribution in [0.3, 0.4) is 0 Å². The lowest BCUT2D eigenvalue weighted by molar-refractivity contribution is -0.127. The van der Waals surface area contributed by atoms with Crippen LogP contribution >= 0.6 is 11.8 Å². The van der Waals surface area contributed by atoms with Gasteiger partial charge in [0.2, 0.25) is 5.91 Å². The molecule has 9 nitrogen and oxygen atoms in total. The summed E-state index contributed by atoms with van der Waals surface area (Å²) >= 11 is 1.03. The quantitative estimate of drug-likeness (QED) is 0.358. The number of nitrogens with two attached hydrogens (primary N) is 1. The van der Waals surface area contributed by atoms with E-state index in [-0.39, 0.29) is 35.4 Å². The molecule has 0 radical (unpaired) electrons.